The highest BCUT2D eigenvalue weighted by Crippen LogP contribution is 2.39. The summed E-state index contributed by atoms with van der Waals surface area (Å²) in [5, 5.41) is 19.2. The Labute approximate surface area is 178 Å². The normalized spacial score (nSPS) is 15.4. The molecule has 1 aliphatic rings. The Hall–Kier alpha value is -2.36. The van der Waals surface area contributed by atoms with Crippen molar-refractivity contribution in [3.63, 3.8) is 0 Å². The van der Waals surface area contributed by atoms with Gasteiger partial charge >= 0.3 is 5.97 Å². The Morgan fingerprint density at radius 1 is 1.36 bits per heavy atom. The number of nitrogens with zero attached hydrogens (tertiary/aromatic N) is 1. The highest BCUT2D eigenvalue weighted by atomic mass is 79.9. The van der Waals surface area contributed by atoms with Crippen LogP contribution in [-0.4, -0.2) is 33.0 Å². The summed E-state index contributed by atoms with van der Waals surface area (Å²) < 4.78 is 6.15. The van der Waals surface area contributed by atoms with Crippen molar-refractivity contribution in [2.45, 2.75) is 6.92 Å². The van der Waals surface area contributed by atoms with Crippen molar-refractivity contribution >= 4 is 67.9 Å². The topological polar surface area (TPSA) is 87.1 Å². The van der Waals surface area contributed by atoms with Crippen LogP contribution in [0.2, 0.25) is 0 Å². The molecular formula is C19H14BrNO5S2. The molecule has 9 heteroatoms. The molecule has 1 heterocycles. The van der Waals surface area contributed by atoms with Gasteiger partial charge < -0.3 is 14.9 Å². The second-order valence-corrected chi connectivity index (χ2v) is 8.19. The molecule has 2 aromatic carbocycles. The summed E-state index contributed by atoms with van der Waals surface area (Å²) in [6.07, 6.45) is 1.65. The van der Waals surface area contributed by atoms with Gasteiger partial charge in [0.05, 0.1) is 27.2 Å². The smallest absolute Gasteiger partial charge is 0.335 e. The maximum Gasteiger partial charge on any atom is 0.335 e. The van der Waals surface area contributed by atoms with Crippen LogP contribution in [0.25, 0.3) is 6.08 Å². The predicted octanol–water partition coefficient (Wildman–Crippen LogP) is 4.66. The Balaban J connectivity index is 1.96. The number of hydrogen-bond donors (Lipinski definition) is 2. The summed E-state index contributed by atoms with van der Waals surface area (Å²) in [6, 6.07) is 9.33. The summed E-state index contributed by atoms with van der Waals surface area (Å²) in [5.74, 6) is -1.15. The van der Waals surface area contributed by atoms with Gasteiger partial charge in [0.2, 0.25) is 0 Å². The van der Waals surface area contributed by atoms with Crippen molar-refractivity contribution in [3.8, 4) is 11.5 Å². The van der Waals surface area contributed by atoms with E-state index >= 15 is 0 Å². The van der Waals surface area contributed by atoms with Crippen LogP contribution in [0.3, 0.4) is 0 Å². The van der Waals surface area contributed by atoms with Crippen LogP contribution < -0.4 is 9.64 Å². The van der Waals surface area contributed by atoms with Gasteiger partial charge in [-0.1, -0.05) is 30.0 Å². The number of phenolic OH excluding ortho intramolecular Hbond substituents is 1. The molecule has 28 heavy (non-hydrogen) atoms. The number of phenols is 1. The van der Waals surface area contributed by atoms with Crippen LogP contribution in [0, 0.1) is 0 Å². The van der Waals surface area contributed by atoms with E-state index in [-0.39, 0.29) is 17.2 Å². The fourth-order valence-electron chi connectivity index (χ4n) is 2.56. The van der Waals surface area contributed by atoms with Crippen LogP contribution in [-0.2, 0) is 4.79 Å². The quantitative estimate of drug-likeness (QED) is 0.476. The first-order chi connectivity index (χ1) is 13.3. The summed E-state index contributed by atoms with van der Waals surface area (Å²) in [6.45, 7) is 2.18. The van der Waals surface area contributed by atoms with Crippen LogP contribution in [0.1, 0.15) is 22.8 Å². The maximum atomic E-state index is 12.9. The number of carboxylic acid groups (broad SMARTS) is 1. The molecule has 1 aliphatic heterocycles. The van der Waals surface area contributed by atoms with E-state index < -0.39 is 5.97 Å². The van der Waals surface area contributed by atoms with Crippen LogP contribution in [0.5, 0.6) is 11.5 Å². The minimum absolute atomic E-state index is 0.0166. The van der Waals surface area contributed by atoms with Crippen molar-refractivity contribution in [1.29, 1.82) is 0 Å². The molecule has 144 valence electrons. The maximum absolute atomic E-state index is 12.9. The van der Waals surface area contributed by atoms with Gasteiger partial charge in [-0.25, -0.2) is 4.79 Å². The number of amides is 1. The van der Waals surface area contributed by atoms with Crippen molar-refractivity contribution in [2.24, 2.45) is 0 Å². The molecule has 0 aliphatic carbocycles. The Kier molecular flexibility index (Phi) is 6.07. The van der Waals surface area contributed by atoms with E-state index in [4.69, 9.17) is 22.1 Å². The van der Waals surface area contributed by atoms with E-state index in [0.29, 0.717) is 37.3 Å². The zero-order valence-electron chi connectivity index (χ0n) is 14.5. The summed E-state index contributed by atoms with van der Waals surface area (Å²) in [4.78, 5) is 25.7. The average molecular weight is 480 g/mol. The molecule has 6 nitrogen and oxygen atoms in total. The number of thiocarbonyl (C=S) groups is 1. The third-order valence-electron chi connectivity index (χ3n) is 3.79. The molecule has 0 aromatic heterocycles. The second kappa shape index (κ2) is 8.34. The van der Waals surface area contributed by atoms with Crippen LogP contribution in [0.4, 0.5) is 5.69 Å². The number of hydrogen-bond acceptors (Lipinski definition) is 6. The molecule has 0 saturated carbocycles. The number of carbonyl (C=O) groups is 2. The fraction of sp³-hybridized carbons (Fsp3) is 0.105. The third-order valence-corrected chi connectivity index (χ3v) is 5.70. The highest BCUT2D eigenvalue weighted by Gasteiger charge is 2.33. The van der Waals surface area contributed by atoms with Gasteiger partial charge in [0.25, 0.3) is 5.91 Å². The zero-order chi connectivity index (χ0) is 20.4. The first kappa shape index (κ1) is 20.4. The molecule has 0 radical (unpaired) electrons. The minimum Gasteiger partial charge on any atom is -0.503 e. The van der Waals surface area contributed by atoms with Gasteiger partial charge in [0, 0.05) is 0 Å². The van der Waals surface area contributed by atoms with Gasteiger partial charge in [-0.2, -0.15) is 0 Å². The number of anilines is 1. The number of aromatic carboxylic acids is 1. The minimum atomic E-state index is -1.08. The first-order valence-electron chi connectivity index (χ1n) is 8.08. The molecule has 1 fully saturated rings. The van der Waals surface area contributed by atoms with E-state index in [2.05, 4.69) is 15.9 Å². The first-order valence-corrected chi connectivity index (χ1v) is 10.1. The molecule has 0 bridgehead atoms. The van der Waals surface area contributed by atoms with Gasteiger partial charge in [-0.05, 0) is 64.8 Å². The van der Waals surface area contributed by atoms with Gasteiger partial charge in [0.1, 0.15) is 0 Å². The van der Waals surface area contributed by atoms with Crippen molar-refractivity contribution < 1.29 is 24.5 Å². The molecular weight excluding hydrogens is 466 g/mol. The average Bonchev–Trinajstić information content (AvgIpc) is 2.93. The number of ether oxygens (including phenoxy) is 1. The number of carboxylic acids is 1. The van der Waals surface area contributed by atoms with Gasteiger partial charge in [-0.3, -0.25) is 9.69 Å². The van der Waals surface area contributed by atoms with Crippen molar-refractivity contribution in [3.05, 3.63) is 56.9 Å². The van der Waals surface area contributed by atoms with Gasteiger partial charge in [0.15, 0.2) is 15.8 Å². The molecule has 3 rings (SSSR count). The van der Waals surface area contributed by atoms with E-state index in [1.54, 1.807) is 37.3 Å². The van der Waals surface area contributed by atoms with Crippen LogP contribution >= 0.6 is 39.9 Å². The number of halogens is 1. The lowest BCUT2D eigenvalue weighted by Crippen LogP contribution is -2.27. The summed E-state index contributed by atoms with van der Waals surface area (Å²) in [5.41, 5.74) is 1.11. The summed E-state index contributed by atoms with van der Waals surface area (Å²) >= 11 is 9.71. The van der Waals surface area contributed by atoms with E-state index in [9.17, 15) is 14.7 Å². The highest BCUT2D eigenvalue weighted by molar-refractivity contribution is 9.10. The number of carbonyl (C=O) groups excluding carboxylic acids is 1. The lowest BCUT2D eigenvalue weighted by atomic mass is 10.1. The molecule has 0 unspecified atom stereocenters. The second-order valence-electron chi connectivity index (χ2n) is 5.66. The van der Waals surface area contributed by atoms with Crippen LogP contribution in [0.15, 0.2) is 45.8 Å². The lowest BCUT2D eigenvalue weighted by molar-refractivity contribution is -0.113. The molecule has 2 N–H and O–H groups in total. The fourth-order valence-corrected chi connectivity index (χ4v) is 4.32. The van der Waals surface area contributed by atoms with Crippen molar-refractivity contribution in [1.82, 2.24) is 0 Å². The largest absolute Gasteiger partial charge is 0.503 e. The SMILES string of the molecule is CCOc1cc(C=C2SC(=S)N(c3cccc(C(=O)O)c3)C2=O)cc(Br)c1O. The number of aromatic hydroxyl groups is 1. The number of rotatable bonds is 5. The Bertz CT molecular complexity index is 1020. The van der Waals surface area contributed by atoms with E-state index in [1.807, 2.05) is 0 Å². The molecule has 2 aromatic rings. The van der Waals surface area contributed by atoms with Crippen molar-refractivity contribution in [2.75, 3.05) is 11.5 Å². The lowest BCUT2D eigenvalue weighted by Gasteiger charge is -2.14. The summed E-state index contributed by atoms with van der Waals surface area (Å²) in [7, 11) is 0. The standard InChI is InChI=1S/C19H14BrNO5S2/c1-2-26-14-7-10(6-13(20)16(14)22)8-15-17(23)21(19(27)28-15)12-5-3-4-11(9-12)18(24)25/h3-9,22H,2H2,1H3,(H,24,25). The Morgan fingerprint density at radius 3 is 2.79 bits per heavy atom. The molecule has 1 saturated heterocycles. The monoisotopic (exact) mass is 479 g/mol. The zero-order valence-corrected chi connectivity index (χ0v) is 17.7. The number of benzene rings is 2. The molecule has 0 spiro atoms. The third kappa shape index (κ3) is 4.06. The number of thioether (sulfide) groups is 1. The van der Waals surface area contributed by atoms with E-state index in [0.717, 1.165) is 11.8 Å². The predicted molar refractivity (Wildman–Crippen MR) is 116 cm³/mol. The Morgan fingerprint density at radius 2 is 2.11 bits per heavy atom. The molecule has 1 amide bonds. The van der Waals surface area contributed by atoms with E-state index in [1.165, 1.54) is 17.0 Å². The molecule has 0 atom stereocenters. The van der Waals surface area contributed by atoms with Gasteiger partial charge in [-0.15, -0.1) is 0 Å².